The summed E-state index contributed by atoms with van der Waals surface area (Å²) in [5, 5.41) is 12.8. The lowest BCUT2D eigenvalue weighted by molar-refractivity contribution is -0.0567. The largest absolute Gasteiger partial charge is 0.363 e. The van der Waals surface area contributed by atoms with Gasteiger partial charge in [0, 0.05) is 28.3 Å². The molecule has 3 heterocycles. The van der Waals surface area contributed by atoms with Crippen molar-refractivity contribution in [3.63, 3.8) is 0 Å². The van der Waals surface area contributed by atoms with Gasteiger partial charge in [0.1, 0.15) is 15.7 Å². The van der Waals surface area contributed by atoms with Gasteiger partial charge in [0.15, 0.2) is 11.5 Å². The van der Waals surface area contributed by atoms with Crippen LogP contribution in [0.1, 0.15) is 50.4 Å². The molecule has 0 radical (unpaired) electrons. The van der Waals surface area contributed by atoms with Gasteiger partial charge in [-0.3, -0.25) is 19.5 Å². The average molecular weight is 563 g/mol. The zero-order chi connectivity index (χ0) is 26.5. The summed E-state index contributed by atoms with van der Waals surface area (Å²) < 4.78 is 39.3. The third kappa shape index (κ3) is 4.65. The summed E-state index contributed by atoms with van der Waals surface area (Å²) in [4.78, 5) is 32.1. The summed E-state index contributed by atoms with van der Waals surface area (Å²) in [7, 11) is -3.19. The number of aromatic nitrogens is 1. The third-order valence-corrected chi connectivity index (χ3v) is 9.06. The zero-order valence-corrected chi connectivity index (χ0v) is 21.7. The van der Waals surface area contributed by atoms with Crippen LogP contribution in [0, 0.1) is 11.7 Å². The normalized spacial score (nSPS) is 21.2. The predicted octanol–water partition coefficient (Wildman–Crippen LogP) is 4.38. The van der Waals surface area contributed by atoms with E-state index in [0.29, 0.717) is 15.7 Å². The molecule has 2 aliphatic heterocycles. The van der Waals surface area contributed by atoms with E-state index in [1.165, 1.54) is 36.5 Å². The van der Waals surface area contributed by atoms with Crippen LogP contribution in [0.4, 0.5) is 4.39 Å². The first-order chi connectivity index (χ1) is 17.5. The van der Waals surface area contributed by atoms with E-state index < -0.39 is 39.0 Å². The van der Waals surface area contributed by atoms with Crippen molar-refractivity contribution >= 4 is 44.7 Å². The molecule has 11 heteroatoms. The lowest BCUT2D eigenvalue weighted by Crippen LogP contribution is -2.44. The number of halogens is 3. The Hall–Kier alpha value is -2.85. The second-order valence-electron chi connectivity index (χ2n) is 9.21. The Kier molecular flexibility index (Phi) is 6.60. The van der Waals surface area contributed by atoms with E-state index in [0.717, 1.165) is 11.0 Å². The summed E-state index contributed by atoms with van der Waals surface area (Å²) in [6.45, 7) is -0.174. The van der Waals surface area contributed by atoms with Gasteiger partial charge in [0.05, 0.1) is 39.9 Å². The molecule has 3 aromatic rings. The maximum atomic E-state index is 15.8. The molecule has 0 spiro atoms. The fraction of sp³-hybridized carbons (Fsp3) is 0.269. The van der Waals surface area contributed by atoms with E-state index in [1.54, 1.807) is 12.1 Å². The minimum Gasteiger partial charge on any atom is -0.363 e. The number of carbonyl (C=O) groups is 2. The fourth-order valence-corrected chi connectivity index (χ4v) is 6.65. The minimum atomic E-state index is -3.19. The number of hydrogen-bond acceptors (Lipinski definition) is 6. The van der Waals surface area contributed by atoms with E-state index in [1.807, 2.05) is 0 Å². The number of pyridine rings is 1. The average Bonchev–Trinajstić information content (AvgIpc) is 3.08. The number of benzene rings is 2. The molecule has 2 aromatic carbocycles. The highest BCUT2D eigenvalue weighted by Crippen LogP contribution is 2.45. The van der Waals surface area contributed by atoms with E-state index in [-0.39, 0.29) is 53.1 Å². The lowest BCUT2D eigenvalue weighted by atomic mass is 9.88. The SMILES string of the molecule is O=C(c1cc(F)c2c(c1)C(=O)N(Cc1ccc(Cl)cn1)C2(O)c1ccc(Cl)cc1)C1CCS(=O)(=O)CC1. The molecule has 1 N–H and O–H groups in total. The zero-order valence-electron chi connectivity index (χ0n) is 19.3. The lowest BCUT2D eigenvalue weighted by Gasteiger charge is -2.34. The van der Waals surface area contributed by atoms with Crippen LogP contribution >= 0.6 is 23.2 Å². The van der Waals surface area contributed by atoms with Gasteiger partial charge in [-0.05, 0) is 49.2 Å². The molecular formula is C26H21Cl2FN2O5S. The number of Topliss-reactive ketones (excluding diaryl/α,β-unsaturated/α-hetero) is 1. The van der Waals surface area contributed by atoms with Crippen molar-refractivity contribution in [3.8, 4) is 0 Å². The Labute approximate surface area is 222 Å². The smallest absolute Gasteiger partial charge is 0.257 e. The molecule has 5 rings (SSSR count). The second-order valence-corrected chi connectivity index (χ2v) is 12.4. The van der Waals surface area contributed by atoms with Crippen LogP contribution in [-0.4, -0.2) is 46.6 Å². The van der Waals surface area contributed by atoms with E-state index in [9.17, 15) is 23.1 Å². The van der Waals surface area contributed by atoms with Gasteiger partial charge < -0.3 is 5.11 Å². The molecule has 192 valence electrons. The van der Waals surface area contributed by atoms with Gasteiger partial charge in [-0.1, -0.05) is 35.3 Å². The van der Waals surface area contributed by atoms with Gasteiger partial charge in [-0.15, -0.1) is 0 Å². The Morgan fingerprint density at radius 3 is 2.35 bits per heavy atom. The van der Waals surface area contributed by atoms with Crippen LogP contribution in [0.3, 0.4) is 0 Å². The molecule has 1 aromatic heterocycles. The highest BCUT2D eigenvalue weighted by molar-refractivity contribution is 7.91. The Balaban J connectivity index is 1.59. The summed E-state index contributed by atoms with van der Waals surface area (Å²) in [6.07, 6.45) is 1.67. The highest BCUT2D eigenvalue weighted by Gasteiger charge is 2.52. The molecule has 0 aliphatic carbocycles. The first-order valence-corrected chi connectivity index (χ1v) is 14.1. The van der Waals surface area contributed by atoms with Gasteiger partial charge in [-0.25, -0.2) is 12.8 Å². The molecule has 2 aliphatic rings. The molecule has 1 amide bonds. The number of amides is 1. The van der Waals surface area contributed by atoms with E-state index in [4.69, 9.17) is 23.2 Å². The molecule has 37 heavy (non-hydrogen) atoms. The Bertz CT molecular complexity index is 1500. The maximum absolute atomic E-state index is 15.8. The van der Waals surface area contributed by atoms with Crippen molar-refractivity contribution in [2.75, 3.05) is 11.5 Å². The van der Waals surface area contributed by atoms with Crippen LogP contribution in [0.25, 0.3) is 0 Å². The number of hydrogen-bond donors (Lipinski definition) is 1. The summed E-state index contributed by atoms with van der Waals surface area (Å²) >= 11 is 11.9. The number of rotatable bonds is 5. The van der Waals surface area contributed by atoms with Crippen LogP contribution in [0.2, 0.25) is 10.0 Å². The number of carbonyl (C=O) groups excluding carboxylic acids is 2. The minimum absolute atomic E-state index is 0.0428. The van der Waals surface area contributed by atoms with Crippen LogP contribution in [0.5, 0.6) is 0 Å². The molecule has 1 saturated heterocycles. The fourth-order valence-electron chi connectivity index (χ4n) is 4.92. The number of nitrogens with zero attached hydrogens (tertiary/aromatic N) is 2. The summed E-state index contributed by atoms with van der Waals surface area (Å²) in [6, 6.07) is 11.5. The van der Waals surface area contributed by atoms with Crippen LogP contribution < -0.4 is 0 Å². The standard InChI is InChI=1S/C26H21Cl2FN2O5S/c27-18-3-1-17(2-4-18)26(34)23-21(25(33)31(26)14-20-6-5-19(28)13-30-20)11-16(12-22(23)29)24(32)15-7-9-37(35,36)10-8-15/h1-6,11-13,15,34H,7-10,14H2. The second kappa shape index (κ2) is 9.47. The van der Waals surface area contributed by atoms with Crippen molar-refractivity contribution in [1.82, 2.24) is 9.88 Å². The van der Waals surface area contributed by atoms with Crippen LogP contribution in [-0.2, 0) is 22.1 Å². The van der Waals surface area contributed by atoms with Crippen molar-refractivity contribution in [3.05, 3.63) is 98.5 Å². The first-order valence-electron chi connectivity index (χ1n) is 11.5. The van der Waals surface area contributed by atoms with Crippen LogP contribution in [0.15, 0.2) is 54.7 Å². The summed E-state index contributed by atoms with van der Waals surface area (Å²) in [5.41, 5.74) is -2.08. The molecule has 1 unspecified atom stereocenters. The molecule has 7 nitrogen and oxygen atoms in total. The van der Waals surface area contributed by atoms with Crippen molar-refractivity contribution < 1.29 is 27.5 Å². The van der Waals surface area contributed by atoms with Gasteiger partial charge in [0.25, 0.3) is 5.91 Å². The van der Waals surface area contributed by atoms with Gasteiger partial charge in [0.2, 0.25) is 0 Å². The van der Waals surface area contributed by atoms with Crippen molar-refractivity contribution in [2.24, 2.45) is 5.92 Å². The number of fused-ring (bicyclic) bond motifs is 1. The van der Waals surface area contributed by atoms with E-state index >= 15 is 4.39 Å². The monoisotopic (exact) mass is 562 g/mol. The van der Waals surface area contributed by atoms with Gasteiger partial charge >= 0.3 is 0 Å². The molecule has 0 saturated carbocycles. The molecular weight excluding hydrogens is 542 g/mol. The predicted molar refractivity (Wildman–Crippen MR) is 136 cm³/mol. The van der Waals surface area contributed by atoms with E-state index in [2.05, 4.69) is 4.98 Å². The Morgan fingerprint density at radius 2 is 1.73 bits per heavy atom. The molecule has 1 atom stereocenters. The topological polar surface area (TPSA) is 105 Å². The molecule has 1 fully saturated rings. The van der Waals surface area contributed by atoms with Gasteiger partial charge in [-0.2, -0.15) is 0 Å². The molecule has 0 bridgehead atoms. The quantitative estimate of drug-likeness (QED) is 0.462. The highest BCUT2D eigenvalue weighted by atomic mass is 35.5. The third-order valence-electron chi connectivity index (χ3n) is 6.87. The number of ketones is 1. The first kappa shape index (κ1) is 25.8. The Morgan fingerprint density at radius 1 is 1.08 bits per heavy atom. The number of aliphatic hydroxyl groups is 1. The number of sulfone groups is 1. The van der Waals surface area contributed by atoms with Crippen molar-refractivity contribution in [1.29, 1.82) is 0 Å². The van der Waals surface area contributed by atoms with Crippen molar-refractivity contribution in [2.45, 2.75) is 25.1 Å². The summed E-state index contributed by atoms with van der Waals surface area (Å²) in [5.74, 6) is -2.88. The maximum Gasteiger partial charge on any atom is 0.257 e.